The molecule has 2 heterocycles. The van der Waals surface area contributed by atoms with Crippen LogP contribution in [0.15, 0.2) is 57.4 Å². The Bertz CT molecular complexity index is 1360. The van der Waals surface area contributed by atoms with Crippen LogP contribution in [0.5, 0.6) is 5.75 Å². The zero-order valence-corrected chi connectivity index (χ0v) is 21.5. The number of hydrogen-bond acceptors (Lipinski definition) is 6. The number of allylic oxidation sites excluding steroid dienone is 2. The molecule has 0 aliphatic carbocycles. The van der Waals surface area contributed by atoms with Crippen LogP contribution >= 0.6 is 11.3 Å². The zero-order chi connectivity index (χ0) is 26.2. The van der Waals surface area contributed by atoms with Gasteiger partial charge >= 0.3 is 11.7 Å². The van der Waals surface area contributed by atoms with Crippen LogP contribution in [0, 0.1) is 0 Å². The van der Waals surface area contributed by atoms with Crippen LogP contribution < -0.4 is 10.9 Å². The van der Waals surface area contributed by atoms with E-state index in [9.17, 15) is 19.5 Å². The molecule has 1 amide bonds. The van der Waals surface area contributed by atoms with Crippen LogP contribution in [0.4, 0.5) is 4.79 Å². The van der Waals surface area contributed by atoms with Gasteiger partial charge in [0.05, 0.1) is 0 Å². The van der Waals surface area contributed by atoms with Crippen molar-refractivity contribution in [3.63, 3.8) is 0 Å². The number of aromatic hydroxyl groups is 1. The normalized spacial score (nSPS) is 12.8. The number of fused-ring (bicyclic) bond motifs is 1. The fourth-order valence-corrected chi connectivity index (χ4v) is 4.90. The minimum Gasteiger partial charge on any atom is -0.507 e. The summed E-state index contributed by atoms with van der Waals surface area (Å²) in [6.07, 6.45) is 7.95. The minimum absolute atomic E-state index is 0.223. The molecule has 0 aliphatic rings. The second kappa shape index (κ2) is 12.4. The maximum absolute atomic E-state index is 13.0. The Morgan fingerprint density at radius 3 is 2.69 bits per heavy atom. The van der Waals surface area contributed by atoms with E-state index in [0.717, 1.165) is 34.2 Å². The van der Waals surface area contributed by atoms with E-state index in [-0.39, 0.29) is 17.2 Å². The van der Waals surface area contributed by atoms with Crippen molar-refractivity contribution in [3.8, 4) is 5.75 Å². The standard InChI is InChI=1S/C28H31NO6S/c1-4-5-9-19-10-11-24-20(14-19)15-21(36-24)13-18(3)26(31)25-22(30)16-23(35-27(25)32)17(2)8-6-7-12-29-28(33)34/h7,10-17,29-30H,4-6,8-9H2,1-3H3,(H,33,34). The van der Waals surface area contributed by atoms with Crippen LogP contribution in [0.25, 0.3) is 16.2 Å². The topological polar surface area (TPSA) is 117 Å². The van der Waals surface area contributed by atoms with Crippen LogP contribution in [-0.4, -0.2) is 22.1 Å². The number of nitrogens with one attached hydrogen (secondary N) is 1. The number of benzene rings is 1. The Hall–Kier alpha value is -3.65. The molecular formula is C28H31NO6S. The van der Waals surface area contributed by atoms with Crippen LogP contribution in [0.1, 0.15) is 78.9 Å². The van der Waals surface area contributed by atoms with E-state index < -0.39 is 23.3 Å². The fourth-order valence-electron chi connectivity index (χ4n) is 3.85. The number of ketones is 1. The molecule has 2 aromatic heterocycles. The van der Waals surface area contributed by atoms with Crippen molar-refractivity contribution in [2.45, 2.75) is 58.8 Å². The number of amides is 1. The maximum Gasteiger partial charge on any atom is 0.408 e. The highest BCUT2D eigenvalue weighted by molar-refractivity contribution is 7.19. The van der Waals surface area contributed by atoms with Crippen molar-refractivity contribution in [2.24, 2.45) is 0 Å². The minimum atomic E-state index is -1.15. The Labute approximate surface area is 213 Å². The van der Waals surface area contributed by atoms with Crippen LogP contribution in [-0.2, 0) is 6.42 Å². The molecule has 190 valence electrons. The lowest BCUT2D eigenvalue weighted by molar-refractivity contribution is 0.102. The van der Waals surface area contributed by atoms with Gasteiger partial charge in [0.25, 0.3) is 0 Å². The van der Waals surface area contributed by atoms with Crippen molar-refractivity contribution >= 4 is 39.4 Å². The van der Waals surface area contributed by atoms with Gasteiger partial charge in [-0.1, -0.05) is 38.5 Å². The summed E-state index contributed by atoms with van der Waals surface area (Å²) >= 11 is 1.56. The number of carbonyl (C=O) groups excluding carboxylic acids is 1. The maximum atomic E-state index is 13.0. The number of carboxylic acid groups (broad SMARTS) is 1. The molecule has 3 rings (SSSR count). The summed E-state index contributed by atoms with van der Waals surface area (Å²) < 4.78 is 6.49. The second-order valence-corrected chi connectivity index (χ2v) is 9.92. The second-order valence-electron chi connectivity index (χ2n) is 8.81. The van der Waals surface area contributed by atoms with Gasteiger partial charge in [-0.2, -0.15) is 0 Å². The summed E-state index contributed by atoms with van der Waals surface area (Å²) in [6.45, 7) is 5.60. The molecule has 0 spiro atoms. The van der Waals surface area contributed by atoms with Crippen molar-refractivity contribution in [1.82, 2.24) is 5.32 Å². The monoisotopic (exact) mass is 509 g/mol. The number of carbonyl (C=O) groups is 2. The van der Waals surface area contributed by atoms with Crippen molar-refractivity contribution in [2.75, 3.05) is 0 Å². The van der Waals surface area contributed by atoms with Crippen molar-refractivity contribution < 1.29 is 24.2 Å². The summed E-state index contributed by atoms with van der Waals surface area (Å²) in [5, 5.41) is 22.3. The average Bonchev–Trinajstić information content (AvgIpc) is 3.22. The molecule has 1 unspecified atom stereocenters. The Morgan fingerprint density at radius 1 is 1.22 bits per heavy atom. The van der Waals surface area contributed by atoms with E-state index in [1.807, 2.05) is 13.0 Å². The molecule has 0 radical (unpaired) electrons. The van der Waals surface area contributed by atoms with Gasteiger partial charge < -0.3 is 14.6 Å². The molecule has 3 N–H and O–H groups in total. The molecule has 8 heteroatoms. The molecule has 0 bridgehead atoms. The highest BCUT2D eigenvalue weighted by Crippen LogP contribution is 2.30. The summed E-state index contributed by atoms with van der Waals surface area (Å²) in [5.74, 6) is -0.951. The summed E-state index contributed by atoms with van der Waals surface area (Å²) in [7, 11) is 0. The van der Waals surface area contributed by atoms with Gasteiger partial charge in [-0.05, 0) is 67.3 Å². The molecule has 36 heavy (non-hydrogen) atoms. The number of hydrogen-bond donors (Lipinski definition) is 3. The first kappa shape index (κ1) is 26.9. The van der Waals surface area contributed by atoms with Crippen LogP contribution in [0.3, 0.4) is 0 Å². The van der Waals surface area contributed by atoms with Gasteiger partial charge in [0.2, 0.25) is 0 Å². The molecule has 0 aliphatic heterocycles. The highest BCUT2D eigenvalue weighted by atomic mass is 32.1. The predicted molar refractivity (Wildman–Crippen MR) is 143 cm³/mol. The first-order valence-corrected chi connectivity index (χ1v) is 12.8. The van der Waals surface area contributed by atoms with E-state index in [0.29, 0.717) is 18.4 Å². The van der Waals surface area contributed by atoms with E-state index in [2.05, 4.69) is 30.4 Å². The quantitative estimate of drug-likeness (QED) is 0.192. The van der Waals surface area contributed by atoms with Crippen LogP contribution in [0.2, 0.25) is 0 Å². The largest absolute Gasteiger partial charge is 0.507 e. The van der Waals surface area contributed by atoms with Gasteiger partial charge in [0, 0.05) is 27.8 Å². The van der Waals surface area contributed by atoms with Crippen molar-refractivity contribution in [1.29, 1.82) is 0 Å². The van der Waals surface area contributed by atoms with Gasteiger partial charge in [-0.3, -0.25) is 10.1 Å². The molecule has 0 saturated carbocycles. The van der Waals surface area contributed by atoms with Gasteiger partial charge in [0.15, 0.2) is 5.78 Å². The number of Topliss-reactive ketones (excluding diaryl/α,β-unsaturated/α-hetero) is 1. The van der Waals surface area contributed by atoms with E-state index in [1.54, 1.807) is 30.4 Å². The predicted octanol–water partition coefficient (Wildman–Crippen LogP) is 6.85. The lowest BCUT2D eigenvalue weighted by Crippen LogP contribution is -2.16. The fraction of sp³-hybridized carbons (Fsp3) is 0.321. The number of aryl methyl sites for hydroxylation is 1. The molecule has 1 aromatic carbocycles. The molecule has 3 aromatic rings. The lowest BCUT2D eigenvalue weighted by atomic mass is 10.00. The first-order valence-electron chi connectivity index (χ1n) is 12.0. The summed E-state index contributed by atoms with van der Waals surface area (Å²) in [6, 6.07) is 9.74. The number of rotatable bonds is 11. The first-order chi connectivity index (χ1) is 17.2. The van der Waals surface area contributed by atoms with Crippen molar-refractivity contribution in [3.05, 3.63) is 80.4 Å². The molecule has 1 atom stereocenters. The number of thiophene rings is 1. The SMILES string of the molecule is CCCCc1ccc2sc(C=C(C)C(=O)c3c(O)cc(C(C)CCC=CNC(=O)O)oc3=O)cc2c1. The van der Waals surface area contributed by atoms with E-state index in [1.165, 1.54) is 17.8 Å². The Balaban J connectivity index is 1.75. The van der Waals surface area contributed by atoms with E-state index in [4.69, 9.17) is 9.52 Å². The Kier molecular flexibility index (Phi) is 9.25. The summed E-state index contributed by atoms with van der Waals surface area (Å²) in [5.41, 5.74) is 0.352. The van der Waals surface area contributed by atoms with Gasteiger partial charge in [-0.25, -0.2) is 9.59 Å². The average molecular weight is 510 g/mol. The molecule has 0 fully saturated rings. The number of unbranched alkanes of at least 4 members (excludes halogenated alkanes) is 1. The Morgan fingerprint density at radius 2 is 2.00 bits per heavy atom. The highest BCUT2D eigenvalue weighted by Gasteiger charge is 2.22. The zero-order valence-electron chi connectivity index (χ0n) is 20.7. The van der Waals surface area contributed by atoms with E-state index >= 15 is 0 Å². The lowest BCUT2D eigenvalue weighted by Gasteiger charge is -2.11. The third-order valence-electron chi connectivity index (χ3n) is 5.89. The molecule has 0 saturated heterocycles. The summed E-state index contributed by atoms with van der Waals surface area (Å²) in [4.78, 5) is 37.0. The third-order valence-corrected chi connectivity index (χ3v) is 6.95. The van der Waals surface area contributed by atoms with Gasteiger partial charge in [0.1, 0.15) is 17.1 Å². The molecule has 7 nitrogen and oxygen atoms in total. The third kappa shape index (κ3) is 6.95. The molecular weight excluding hydrogens is 478 g/mol. The van der Waals surface area contributed by atoms with Gasteiger partial charge in [-0.15, -0.1) is 11.3 Å². The smallest absolute Gasteiger partial charge is 0.408 e.